The van der Waals surface area contributed by atoms with E-state index >= 15 is 0 Å². The zero-order valence-corrected chi connectivity index (χ0v) is 16.1. The molecule has 0 N–H and O–H groups in total. The Hall–Kier alpha value is -4.39. The van der Waals surface area contributed by atoms with Gasteiger partial charge in [0.05, 0.1) is 10.4 Å². The maximum Gasteiger partial charge on any atom is 0.270 e. The minimum absolute atomic E-state index is 0.105. The number of benzene rings is 3. The maximum atomic E-state index is 14.4. The van der Waals surface area contributed by atoms with Crippen molar-refractivity contribution in [3.63, 3.8) is 0 Å². The third-order valence-corrected chi connectivity index (χ3v) is 4.81. The van der Waals surface area contributed by atoms with Crippen molar-refractivity contribution in [2.75, 3.05) is 0 Å². The second-order valence-corrected chi connectivity index (χ2v) is 6.75. The van der Waals surface area contributed by atoms with Crippen molar-refractivity contribution in [2.24, 2.45) is 0 Å². The zero-order valence-electron chi connectivity index (χ0n) is 16.1. The fourth-order valence-electron chi connectivity index (χ4n) is 3.39. The number of para-hydroxylation sites is 1. The van der Waals surface area contributed by atoms with Crippen molar-refractivity contribution in [2.45, 2.75) is 0 Å². The largest absolute Gasteiger partial charge is 0.270 e. The molecule has 0 bridgehead atoms. The first-order valence-corrected chi connectivity index (χ1v) is 9.32. The molecule has 0 saturated carbocycles. The number of nitrogens with zero attached hydrogens (tertiary/aromatic N) is 2. The minimum atomic E-state index is -0.618. The van der Waals surface area contributed by atoms with Crippen LogP contribution in [0.5, 0.6) is 0 Å². The summed E-state index contributed by atoms with van der Waals surface area (Å²) < 4.78 is 15.4. The highest BCUT2D eigenvalue weighted by atomic mass is 19.1. The van der Waals surface area contributed by atoms with Crippen LogP contribution in [0.4, 0.5) is 10.1 Å². The summed E-state index contributed by atoms with van der Waals surface area (Å²) in [7, 11) is 0. The van der Waals surface area contributed by atoms with Gasteiger partial charge in [0.15, 0.2) is 0 Å². The van der Waals surface area contributed by atoms with Gasteiger partial charge < -0.3 is 0 Å². The Morgan fingerprint density at radius 2 is 1.68 bits per heavy atom. The number of nitro groups is 1. The quantitative estimate of drug-likeness (QED) is 0.265. The van der Waals surface area contributed by atoms with E-state index in [0.29, 0.717) is 22.0 Å². The van der Waals surface area contributed by atoms with Gasteiger partial charge in [-0.15, -0.1) is 0 Å². The Kier molecular flexibility index (Phi) is 5.24. The van der Waals surface area contributed by atoms with Crippen LogP contribution in [0, 0.1) is 15.9 Å². The zero-order chi connectivity index (χ0) is 22.0. The van der Waals surface area contributed by atoms with Crippen LogP contribution in [-0.2, 0) is 0 Å². The molecule has 0 amide bonds. The fourth-order valence-corrected chi connectivity index (χ4v) is 3.39. The van der Waals surface area contributed by atoms with E-state index in [4.69, 9.17) is 0 Å². The number of carbonyl (C=O) groups excluding carboxylic acids is 1. The lowest BCUT2D eigenvalue weighted by Gasteiger charge is -2.12. The van der Waals surface area contributed by atoms with E-state index in [-0.39, 0.29) is 11.3 Å². The number of hydrogen-bond donors (Lipinski definition) is 0. The third kappa shape index (κ3) is 3.89. The molecule has 0 atom stereocenters. The van der Waals surface area contributed by atoms with Crippen LogP contribution in [0.15, 0.2) is 89.7 Å². The number of fused-ring (bicyclic) bond motifs is 1. The Morgan fingerprint density at radius 1 is 0.935 bits per heavy atom. The monoisotopic (exact) mass is 414 g/mol. The first-order valence-electron chi connectivity index (χ1n) is 9.32. The van der Waals surface area contributed by atoms with E-state index in [0.717, 1.165) is 4.57 Å². The molecule has 0 spiro atoms. The predicted molar refractivity (Wildman–Crippen MR) is 116 cm³/mol. The van der Waals surface area contributed by atoms with Crippen LogP contribution < -0.4 is 5.56 Å². The van der Waals surface area contributed by atoms with Crippen molar-refractivity contribution in [1.29, 1.82) is 0 Å². The lowest BCUT2D eigenvalue weighted by molar-refractivity contribution is -0.384. The van der Waals surface area contributed by atoms with Crippen molar-refractivity contribution in [3.8, 4) is 11.1 Å². The van der Waals surface area contributed by atoms with Crippen molar-refractivity contribution in [3.05, 3.63) is 117 Å². The number of halogens is 1. The summed E-state index contributed by atoms with van der Waals surface area (Å²) in [6, 6.07) is 19.9. The molecule has 4 rings (SSSR count). The molecule has 152 valence electrons. The van der Waals surface area contributed by atoms with Crippen molar-refractivity contribution in [1.82, 2.24) is 4.57 Å². The lowest BCUT2D eigenvalue weighted by Crippen LogP contribution is -2.25. The second kappa shape index (κ2) is 8.16. The van der Waals surface area contributed by atoms with Gasteiger partial charge in [0, 0.05) is 35.2 Å². The molecule has 0 aliphatic heterocycles. The molecular formula is C24H15FN2O4. The van der Waals surface area contributed by atoms with Gasteiger partial charge in [0.1, 0.15) is 5.82 Å². The normalized spacial score (nSPS) is 11.1. The van der Waals surface area contributed by atoms with Crippen LogP contribution in [0.25, 0.3) is 28.1 Å². The molecule has 4 aromatic rings. The van der Waals surface area contributed by atoms with Crippen LogP contribution in [0.2, 0.25) is 0 Å². The molecule has 0 aliphatic rings. The van der Waals surface area contributed by atoms with Gasteiger partial charge in [-0.3, -0.25) is 19.7 Å². The lowest BCUT2D eigenvalue weighted by atomic mass is 10.0. The van der Waals surface area contributed by atoms with Gasteiger partial charge >= 0.3 is 0 Å². The number of rotatable bonds is 4. The number of aromatic nitrogens is 1. The number of pyridine rings is 1. The summed E-state index contributed by atoms with van der Waals surface area (Å²) in [5.74, 6) is -1.09. The molecule has 6 nitrogen and oxygen atoms in total. The van der Waals surface area contributed by atoms with Crippen LogP contribution in [0.3, 0.4) is 0 Å². The number of allylic oxidation sites excluding steroid dienone is 1. The summed E-state index contributed by atoms with van der Waals surface area (Å²) in [6.07, 6.45) is 2.58. The highest BCUT2D eigenvalue weighted by molar-refractivity contribution is 6.03. The number of hydrogen-bond acceptors (Lipinski definition) is 4. The van der Waals surface area contributed by atoms with E-state index in [9.17, 15) is 24.1 Å². The topological polar surface area (TPSA) is 82.2 Å². The maximum absolute atomic E-state index is 14.4. The fraction of sp³-hybridized carbons (Fsp3) is 0. The van der Waals surface area contributed by atoms with Crippen molar-refractivity contribution >= 4 is 28.6 Å². The summed E-state index contributed by atoms with van der Waals surface area (Å²) in [5, 5.41) is 11.5. The number of carbonyl (C=O) groups is 1. The molecule has 3 aromatic carbocycles. The molecule has 0 aliphatic carbocycles. The van der Waals surface area contributed by atoms with Gasteiger partial charge in [0.25, 0.3) is 17.2 Å². The van der Waals surface area contributed by atoms with E-state index in [2.05, 4.69) is 0 Å². The average molecular weight is 414 g/mol. The SMILES string of the molecule is O=C(C=Cc1cccc([N+](=O)[O-])c1)n1c(=O)cc(-c2ccccc2F)c2ccccc21. The Bertz CT molecular complexity index is 1420. The van der Waals surface area contributed by atoms with Gasteiger partial charge in [-0.2, -0.15) is 0 Å². The third-order valence-electron chi connectivity index (χ3n) is 4.81. The summed E-state index contributed by atoms with van der Waals surface area (Å²) >= 11 is 0. The highest BCUT2D eigenvalue weighted by Crippen LogP contribution is 2.29. The van der Waals surface area contributed by atoms with Gasteiger partial charge in [0.2, 0.25) is 0 Å². The Morgan fingerprint density at radius 3 is 2.45 bits per heavy atom. The van der Waals surface area contributed by atoms with Crippen molar-refractivity contribution < 1.29 is 14.1 Å². The molecule has 0 fully saturated rings. The van der Waals surface area contributed by atoms with Crippen LogP contribution in [0.1, 0.15) is 10.4 Å². The summed E-state index contributed by atoms with van der Waals surface area (Å²) in [4.78, 5) is 36.1. The Balaban J connectivity index is 1.81. The molecule has 0 saturated heterocycles. The molecule has 7 heteroatoms. The molecule has 1 aromatic heterocycles. The van der Waals surface area contributed by atoms with Crippen LogP contribution in [-0.4, -0.2) is 15.4 Å². The smallest absolute Gasteiger partial charge is 0.269 e. The first kappa shape index (κ1) is 19.9. The second-order valence-electron chi connectivity index (χ2n) is 6.75. The standard InChI is InChI=1S/C24H15FN2O4/c25-21-10-3-1-8-18(21)20-15-24(29)26(22-11-4-2-9-19(20)22)23(28)13-12-16-6-5-7-17(14-16)27(30)31/h1-15H. The molecular weight excluding hydrogens is 399 g/mol. The van der Waals surface area contributed by atoms with E-state index in [1.54, 1.807) is 48.5 Å². The predicted octanol–water partition coefficient (Wildman–Crippen LogP) is 5.07. The Labute approximate surface area is 175 Å². The molecule has 1 heterocycles. The highest BCUT2D eigenvalue weighted by Gasteiger charge is 2.15. The first-order chi connectivity index (χ1) is 15.0. The van der Waals surface area contributed by atoms with Gasteiger partial charge in [-0.05, 0) is 29.3 Å². The van der Waals surface area contributed by atoms with Gasteiger partial charge in [-0.1, -0.05) is 48.5 Å². The summed E-state index contributed by atoms with van der Waals surface area (Å²) in [5.41, 5.74) is 0.731. The van der Waals surface area contributed by atoms with E-state index < -0.39 is 22.2 Å². The molecule has 0 radical (unpaired) electrons. The summed E-state index contributed by atoms with van der Waals surface area (Å²) in [6.45, 7) is 0. The molecule has 0 unspecified atom stereocenters. The number of non-ortho nitro benzene ring substituents is 1. The minimum Gasteiger partial charge on any atom is -0.269 e. The van der Waals surface area contributed by atoms with Crippen LogP contribution >= 0.6 is 0 Å². The average Bonchev–Trinajstić information content (AvgIpc) is 2.77. The molecule has 31 heavy (non-hydrogen) atoms. The van der Waals surface area contributed by atoms with Gasteiger partial charge in [-0.25, -0.2) is 8.96 Å². The van der Waals surface area contributed by atoms with E-state index in [1.165, 1.54) is 42.5 Å². The number of nitro benzene ring substituents is 1. The van der Waals surface area contributed by atoms with E-state index in [1.807, 2.05) is 0 Å².